The topological polar surface area (TPSA) is 17.8 Å². The number of halogens is 1. The van der Waals surface area contributed by atoms with Crippen LogP contribution >= 0.6 is 12.4 Å². The molecular formula is C21H25ClN2. The molecule has 2 nitrogen and oxygen atoms in total. The Morgan fingerprint density at radius 1 is 1.04 bits per heavy atom. The first-order valence-corrected chi connectivity index (χ1v) is 8.14. The number of hydrogen-bond acceptors (Lipinski definition) is 1. The van der Waals surface area contributed by atoms with Crippen LogP contribution in [0.3, 0.4) is 0 Å². The van der Waals surface area contributed by atoms with Gasteiger partial charge in [0.2, 0.25) is 0 Å². The molecule has 0 amide bonds. The van der Waals surface area contributed by atoms with Crippen molar-refractivity contribution in [2.75, 3.05) is 0 Å². The van der Waals surface area contributed by atoms with Crippen molar-refractivity contribution in [1.29, 1.82) is 0 Å². The lowest BCUT2D eigenvalue weighted by atomic mass is 10.1. The second-order valence-electron chi connectivity index (χ2n) is 6.52. The molecule has 0 atom stereocenters. The summed E-state index contributed by atoms with van der Waals surface area (Å²) in [5.74, 6) is 0. The highest BCUT2D eigenvalue weighted by Crippen LogP contribution is 2.32. The number of pyridine rings is 1. The molecule has 0 N–H and O–H groups in total. The number of allylic oxidation sites excluding steroid dienone is 2. The quantitative estimate of drug-likeness (QED) is 0.533. The van der Waals surface area contributed by atoms with E-state index in [2.05, 4.69) is 75.6 Å². The van der Waals surface area contributed by atoms with Gasteiger partial charge in [0.15, 0.2) is 0 Å². The summed E-state index contributed by atoms with van der Waals surface area (Å²) >= 11 is 0. The molecule has 1 aromatic carbocycles. The van der Waals surface area contributed by atoms with E-state index in [0.29, 0.717) is 0 Å². The van der Waals surface area contributed by atoms with E-state index < -0.39 is 0 Å². The Balaban J connectivity index is 0.00000208. The molecule has 0 radical (unpaired) electrons. The number of hydrogen-bond donors (Lipinski definition) is 0. The fourth-order valence-electron chi connectivity index (χ4n) is 3.02. The van der Waals surface area contributed by atoms with Crippen LogP contribution in [0, 0.1) is 20.8 Å². The monoisotopic (exact) mass is 340 g/mol. The van der Waals surface area contributed by atoms with Gasteiger partial charge in [-0.2, -0.15) is 0 Å². The van der Waals surface area contributed by atoms with Crippen LogP contribution in [0.15, 0.2) is 48.2 Å². The van der Waals surface area contributed by atoms with Crippen LogP contribution in [0.4, 0.5) is 0 Å². The zero-order valence-electron chi connectivity index (χ0n) is 15.1. The average molecular weight is 341 g/mol. The first-order chi connectivity index (χ1) is 11.0. The van der Waals surface area contributed by atoms with E-state index in [1.807, 2.05) is 6.20 Å². The standard InChI is InChI=1S/C21H24N2.ClH/c1-14(2)11-13-23-17(5)16(4)19-10-12-22-20(21(19)23)18-8-6-15(3)7-9-18;/h6-12H,13H2,1-5H3;1H. The van der Waals surface area contributed by atoms with E-state index in [0.717, 1.165) is 12.2 Å². The van der Waals surface area contributed by atoms with E-state index in [1.165, 1.54) is 38.9 Å². The van der Waals surface area contributed by atoms with Gasteiger partial charge in [-0.25, -0.2) is 0 Å². The predicted octanol–water partition coefficient (Wildman–Crippen LogP) is 6.02. The summed E-state index contributed by atoms with van der Waals surface area (Å²) in [4.78, 5) is 4.71. The van der Waals surface area contributed by atoms with Gasteiger partial charge in [-0.15, -0.1) is 12.4 Å². The van der Waals surface area contributed by atoms with Gasteiger partial charge in [0.25, 0.3) is 0 Å². The van der Waals surface area contributed by atoms with E-state index in [1.54, 1.807) is 0 Å². The van der Waals surface area contributed by atoms with Crippen LogP contribution in [-0.2, 0) is 6.54 Å². The summed E-state index contributed by atoms with van der Waals surface area (Å²) < 4.78 is 2.39. The van der Waals surface area contributed by atoms with E-state index in [4.69, 9.17) is 4.98 Å². The SMILES string of the molecule is CC(C)=CCn1c(C)c(C)c2ccnc(-c3ccc(C)cc3)c21.Cl. The molecule has 0 aliphatic carbocycles. The highest BCUT2D eigenvalue weighted by atomic mass is 35.5. The molecule has 24 heavy (non-hydrogen) atoms. The number of aryl methyl sites for hydroxylation is 2. The van der Waals surface area contributed by atoms with Crippen molar-refractivity contribution in [3.05, 3.63) is 65.0 Å². The van der Waals surface area contributed by atoms with Gasteiger partial charge in [0, 0.05) is 29.4 Å². The Morgan fingerprint density at radius 3 is 2.33 bits per heavy atom. The maximum Gasteiger partial charge on any atom is 0.0945 e. The smallest absolute Gasteiger partial charge is 0.0945 e. The molecular weight excluding hydrogens is 316 g/mol. The highest BCUT2D eigenvalue weighted by molar-refractivity contribution is 5.95. The molecule has 3 rings (SSSR count). The van der Waals surface area contributed by atoms with E-state index in [9.17, 15) is 0 Å². The van der Waals surface area contributed by atoms with Crippen molar-refractivity contribution < 1.29 is 0 Å². The van der Waals surface area contributed by atoms with Crippen molar-refractivity contribution in [2.24, 2.45) is 0 Å². The third kappa shape index (κ3) is 3.25. The Hall–Kier alpha value is -2.06. The average Bonchev–Trinajstić information content (AvgIpc) is 2.78. The van der Waals surface area contributed by atoms with Crippen molar-refractivity contribution in [2.45, 2.75) is 41.2 Å². The molecule has 3 heteroatoms. The number of rotatable bonds is 3. The van der Waals surface area contributed by atoms with Crippen molar-refractivity contribution in [3.8, 4) is 11.3 Å². The Morgan fingerprint density at radius 2 is 1.71 bits per heavy atom. The molecule has 0 fully saturated rings. The predicted molar refractivity (Wildman–Crippen MR) is 106 cm³/mol. The Bertz CT molecular complexity index is 882. The summed E-state index contributed by atoms with van der Waals surface area (Å²) in [5.41, 5.74) is 8.76. The molecule has 2 aromatic heterocycles. The second-order valence-corrected chi connectivity index (χ2v) is 6.52. The van der Waals surface area contributed by atoms with Crippen LogP contribution in [0.1, 0.15) is 30.7 Å². The molecule has 0 aliphatic rings. The third-order valence-electron chi connectivity index (χ3n) is 4.55. The van der Waals surface area contributed by atoms with Gasteiger partial charge in [-0.05, 0) is 46.2 Å². The Labute approximate surface area is 150 Å². The second kappa shape index (κ2) is 7.23. The normalized spacial score (nSPS) is 10.5. The molecule has 0 saturated heterocycles. The zero-order valence-corrected chi connectivity index (χ0v) is 15.9. The van der Waals surface area contributed by atoms with Gasteiger partial charge in [0.1, 0.15) is 0 Å². The van der Waals surface area contributed by atoms with Gasteiger partial charge >= 0.3 is 0 Å². The molecule has 126 valence electrons. The fraction of sp³-hybridized carbons (Fsp3) is 0.286. The number of fused-ring (bicyclic) bond motifs is 1. The van der Waals surface area contributed by atoms with Crippen LogP contribution in [-0.4, -0.2) is 9.55 Å². The lowest BCUT2D eigenvalue weighted by molar-refractivity contribution is 0.816. The van der Waals surface area contributed by atoms with Gasteiger partial charge in [0.05, 0.1) is 11.2 Å². The van der Waals surface area contributed by atoms with Gasteiger partial charge in [-0.3, -0.25) is 4.98 Å². The molecule has 0 saturated carbocycles. The van der Waals surface area contributed by atoms with E-state index >= 15 is 0 Å². The number of benzene rings is 1. The summed E-state index contributed by atoms with van der Waals surface area (Å²) in [7, 11) is 0. The molecule has 0 bridgehead atoms. The summed E-state index contributed by atoms with van der Waals surface area (Å²) in [6.45, 7) is 11.7. The summed E-state index contributed by atoms with van der Waals surface area (Å²) in [6.07, 6.45) is 4.20. The van der Waals surface area contributed by atoms with Gasteiger partial charge in [-0.1, -0.05) is 41.5 Å². The maximum atomic E-state index is 4.71. The number of nitrogens with zero attached hydrogens (tertiary/aromatic N) is 2. The van der Waals surface area contributed by atoms with Crippen molar-refractivity contribution in [3.63, 3.8) is 0 Å². The van der Waals surface area contributed by atoms with Crippen LogP contribution in [0.2, 0.25) is 0 Å². The number of aromatic nitrogens is 2. The lowest BCUT2D eigenvalue weighted by Gasteiger charge is -2.10. The summed E-state index contributed by atoms with van der Waals surface area (Å²) in [5, 5.41) is 1.30. The minimum absolute atomic E-state index is 0. The van der Waals surface area contributed by atoms with Crippen LogP contribution < -0.4 is 0 Å². The molecule has 0 spiro atoms. The molecule has 3 aromatic rings. The molecule has 0 aliphatic heterocycles. The van der Waals surface area contributed by atoms with Gasteiger partial charge < -0.3 is 4.57 Å². The van der Waals surface area contributed by atoms with Crippen molar-refractivity contribution in [1.82, 2.24) is 9.55 Å². The van der Waals surface area contributed by atoms with Crippen LogP contribution in [0.5, 0.6) is 0 Å². The largest absolute Gasteiger partial charge is 0.339 e. The van der Waals surface area contributed by atoms with Crippen molar-refractivity contribution >= 4 is 23.3 Å². The molecule has 2 heterocycles. The summed E-state index contributed by atoms with van der Waals surface area (Å²) in [6, 6.07) is 10.8. The maximum absolute atomic E-state index is 4.71. The third-order valence-corrected chi connectivity index (χ3v) is 4.55. The minimum Gasteiger partial charge on any atom is -0.339 e. The minimum atomic E-state index is 0. The zero-order chi connectivity index (χ0) is 16.6. The fourth-order valence-corrected chi connectivity index (χ4v) is 3.02. The van der Waals surface area contributed by atoms with Crippen LogP contribution in [0.25, 0.3) is 22.2 Å². The highest BCUT2D eigenvalue weighted by Gasteiger charge is 2.15. The lowest BCUT2D eigenvalue weighted by Crippen LogP contribution is -2.00. The first-order valence-electron chi connectivity index (χ1n) is 8.14. The van der Waals surface area contributed by atoms with E-state index in [-0.39, 0.29) is 12.4 Å². The Kier molecular flexibility index (Phi) is 5.51. The molecule has 0 unspecified atom stereocenters. The first kappa shape index (κ1) is 18.3.